The van der Waals surface area contributed by atoms with E-state index in [9.17, 15) is 9.59 Å². The van der Waals surface area contributed by atoms with Crippen LogP contribution in [0.15, 0.2) is 39.4 Å². The number of anilines is 1. The van der Waals surface area contributed by atoms with Crippen LogP contribution in [0.1, 0.15) is 50.2 Å². The van der Waals surface area contributed by atoms with Gasteiger partial charge in [-0.15, -0.1) is 0 Å². The molecule has 1 atom stereocenters. The Hall–Kier alpha value is -1.76. The van der Waals surface area contributed by atoms with Gasteiger partial charge in [-0.3, -0.25) is 9.59 Å². The van der Waals surface area contributed by atoms with E-state index in [1.165, 1.54) is 11.8 Å². The Morgan fingerprint density at radius 1 is 1.21 bits per heavy atom. The zero-order valence-electron chi connectivity index (χ0n) is 15.4. The van der Waals surface area contributed by atoms with Crippen LogP contribution in [0.5, 0.6) is 0 Å². The highest BCUT2D eigenvalue weighted by molar-refractivity contribution is 7.99. The summed E-state index contributed by atoms with van der Waals surface area (Å²) in [7, 11) is 0. The molecule has 1 aliphatic heterocycles. The number of fused-ring (bicyclic) bond motifs is 1. The standard InChI is InChI=1S/C20H19Cl2N3O2S/c1-9(2)28-20-24-18-16(19(27)25-20)14(10-5-3-6-11(21)17(10)22)15-12(23-18)7-4-8-13(15)26/h3,5-6,9,14H,4,7-8H2,1-2H3,(H2,23,24,25,27). The monoisotopic (exact) mass is 435 g/mol. The molecule has 1 aromatic carbocycles. The van der Waals surface area contributed by atoms with Crippen molar-refractivity contribution < 1.29 is 4.79 Å². The molecule has 0 saturated heterocycles. The first-order valence-electron chi connectivity index (χ1n) is 9.15. The summed E-state index contributed by atoms with van der Waals surface area (Å²) in [6.07, 6.45) is 1.96. The van der Waals surface area contributed by atoms with E-state index in [2.05, 4.69) is 15.3 Å². The molecule has 0 amide bonds. The number of carbonyl (C=O) groups is 1. The van der Waals surface area contributed by atoms with E-state index in [-0.39, 0.29) is 16.6 Å². The van der Waals surface area contributed by atoms with Crippen molar-refractivity contribution in [3.05, 3.63) is 61.0 Å². The Morgan fingerprint density at radius 3 is 2.75 bits per heavy atom. The summed E-state index contributed by atoms with van der Waals surface area (Å²) in [5, 5.41) is 4.82. The van der Waals surface area contributed by atoms with Gasteiger partial charge in [-0.05, 0) is 24.5 Å². The lowest BCUT2D eigenvalue weighted by atomic mass is 9.76. The number of nitrogens with zero attached hydrogens (tertiary/aromatic N) is 1. The number of allylic oxidation sites excluding steroid dienone is 2. The molecule has 4 rings (SSSR count). The topological polar surface area (TPSA) is 74.8 Å². The molecule has 5 nitrogen and oxygen atoms in total. The fraction of sp³-hybridized carbons (Fsp3) is 0.350. The molecular formula is C20H19Cl2N3O2S. The van der Waals surface area contributed by atoms with Crippen molar-refractivity contribution in [1.82, 2.24) is 9.97 Å². The van der Waals surface area contributed by atoms with Crippen molar-refractivity contribution in [2.45, 2.75) is 49.4 Å². The third-order valence-electron chi connectivity index (χ3n) is 4.88. The molecule has 0 radical (unpaired) electrons. The van der Waals surface area contributed by atoms with Crippen LogP contribution in [0.3, 0.4) is 0 Å². The first-order chi connectivity index (χ1) is 13.4. The molecular weight excluding hydrogens is 417 g/mol. The number of halogens is 2. The van der Waals surface area contributed by atoms with Gasteiger partial charge in [0.15, 0.2) is 10.9 Å². The van der Waals surface area contributed by atoms with Crippen LogP contribution in [-0.4, -0.2) is 21.0 Å². The highest BCUT2D eigenvalue weighted by Gasteiger charge is 2.39. The van der Waals surface area contributed by atoms with E-state index in [0.717, 1.165) is 18.5 Å². The Bertz CT molecular complexity index is 1060. The number of Topliss-reactive ketones (excluding diaryl/α,β-unsaturated/α-hetero) is 1. The lowest BCUT2D eigenvalue weighted by Gasteiger charge is -2.33. The van der Waals surface area contributed by atoms with Crippen molar-refractivity contribution in [3.63, 3.8) is 0 Å². The number of nitrogens with one attached hydrogen (secondary N) is 2. The van der Waals surface area contributed by atoms with Crippen LogP contribution in [0.2, 0.25) is 10.0 Å². The van der Waals surface area contributed by atoms with Crippen molar-refractivity contribution in [1.29, 1.82) is 0 Å². The number of H-pyrrole nitrogens is 1. The molecule has 0 bridgehead atoms. The van der Waals surface area contributed by atoms with Gasteiger partial charge in [0, 0.05) is 28.9 Å². The lowest BCUT2D eigenvalue weighted by molar-refractivity contribution is -0.116. The average molecular weight is 436 g/mol. The number of ketones is 1. The molecule has 1 aromatic heterocycles. The largest absolute Gasteiger partial charge is 0.343 e. The van der Waals surface area contributed by atoms with Gasteiger partial charge in [0.25, 0.3) is 5.56 Å². The van der Waals surface area contributed by atoms with Crippen LogP contribution in [0.4, 0.5) is 5.82 Å². The first-order valence-corrected chi connectivity index (χ1v) is 10.8. The maximum absolute atomic E-state index is 13.1. The minimum Gasteiger partial charge on any atom is -0.343 e. The van der Waals surface area contributed by atoms with E-state index in [0.29, 0.717) is 44.1 Å². The average Bonchev–Trinajstić information content (AvgIpc) is 2.62. The molecule has 28 heavy (non-hydrogen) atoms. The summed E-state index contributed by atoms with van der Waals surface area (Å²) < 4.78 is 0. The quantitative estimate of drug-likeness (QED) is 0.515. The zero-order chi connectivity index (χ0) is 20.0. The second-order valence-corrected chi connectivity index (χ2v) is 9.52. The normalized spacial score (nSPS) is 18.8. The number of aromatic nitrogens is 2. The summed E-state index contributed by atoms with van der Waals surface area (Å²) in [5.74, 6) is -0.0681. The van der Waals surface area contributed by atoms with Crippen LogP contribution in [0, 0.1) is 0 Å². The van der Waals surface area contributed by atoms with Gasteiger partial charge in [0.1, 0.15) is 5.82 Å². The number of benzene rings is 1. The van der Waals surface area contributed by atoms with Gasteiger partial charge in [-0.25, -0.2) is 4.98 Å². The summed E-state index contributed by atoms with van der Waals surface area (Å²) in [6.45, 7) is 4.07. The van der Waals surface area contributed by atoms with Gasteiger partial charge < -0.3 is 10.3 Å². The lowest BCUT2D eigenvalue weighted by Crippen LogP contribution is -2.33. The van der Waals surface area contributed by atoms with Crippen molar-refractivity contribution in [2.24, 2.45) is 0 Å². The SMILES string of the molecule is CC(C)Sc1nc2c(c(=O)[nH]1)C(c1cccc(Cl)c1Cl)C1=C(CCCC1=O)N2. The number of carbonyl (C=O) groups excluding carboxylic acids is 1. The molecule has 0 saturated carbocycles. The van der Waals surface area contributed by atoms with Crippen LogP contribution >= 0.6 is 35.0 Å². The highest BCUT2D eigenvalue weighted by atomic mass is 35.5. The fourth-order valence-electron chi connectivity index (χ4n) is 3.77. The number of thioether (sulfide) groups is 1. The molecule has 146 valence electrons. The Kier molecular flexibility index (Phi) is 5.29. The molecule has 2 aliphatic rings. The van der Waals surface area contributed by atoms with E-state index in [4.69, 9.17) is 23.2 Å². The van der Waals surface area contributed by atoms with Crippen molar-refractivity contribution >= 4 is 46.6 Å². The second kappa shape index (κ2) is 7.58. The maximum atomic E-state index is 13.1. The van der Waals surface area contributed by atoms with E-state index in [1.807, 2.05) is 19.9 Å². The minimum atomic E-state index is -0.584. The minimum absolute atomic E-state index is 0.0282. The van der Waals surface area contributed by atoms with Gasteiger partial charge in [0.2, 0.25) is 0 Å². The Labute approximate surface area is 176 Å². The smallest absolute Gasteiger partial charge is 0.257 e. The molecule has 0 fully saturated rings. The molecule has 2 heterocycles. The number of rotatable bonds is 3. The van der Waals surface area contributed by atoms with E-state index >= 15 is 0 Å². The van der Waals surface area contributed by atoms with Crippen LogP contribution in [-0.2, 0) is 4.79 Å². The maximum Gasteiger partial charge on any atom is 0.257 e. The summed E-state index contributed by atoms with van der Waals surface area (Å²) in [4.78, 5) is 33.4. The highest BCUT2D eigenvalue weighted by Crippen LogP contribution is 2.46. The molecule has 1 unspecified atom stereocenters. The number of aromatic amines is 1. The molecule has 2 N–H and O–H groups in total. The van der Waals surface area contributed by atoms with Gasteiger partial charge in [0.05, 0.1) is 15.6 Å². The predicted molar refractivity (Wildman–Crippen MR) is 114 cm³/mol. The number of hydrogen-bond donors (Lipinski definition) is 2. The van der Waals surface area contributed by atoms with Crippen molar-refractivity contribution in [3.8, 4) is 0 Å². The van der Waals surface area contributed by atoms with E-state index < -0.39 is 5.92 Å². The number of hydrogen-bond acceptors (Lipinski definition) is 5. The first kappa shape index (κ1) is 19.6. The third-order valence-corrected chi connectivity index (χ3v) is 6.60. The third kappa shape index (κ3) is 3.38. The summed E-state index contributed by atoms with van der Waals surface area (Å²) in [6, 6.07) is 5.29. The van der Waals surface area contributed by atoms with Crippen LogP contribution in [0.25, 0.3) is 0 Å². The van der Waals surface area contributed by atoms with Crippen LogP contribution < -0.4 is 10.9 Å². The molecule has 0 spiro atoms. The van der Waals surface area contributed by atoms with Gasteiger partial charge in [-0.2, -0.15) is 0 Å². The van der Waals surface area contributed by atoms with Gasteiger partial charge >= 0.3 is 0 Å². The molecule has 8 heteroatoms. The summed E-state index contributed by atoms with van der Waals surface area (Å²) in [5.41, 5.74) is 2.21. The zero-order valence-corrected chi connectivity index (χ0v) is 17.8. The molecule has 2 aromatic rings. The molecule has 1 aliphatic carbocycles. The van der Waals surface area contributed by atoms with E-state index in [1.54, 1.807) is 12.1 Å². The van der Waals surface area contributed by atoms with Crippen molar-refractivity contribution in [2.75, 3.05) is 5.32 Å². The Morgan fingerprint density at radius 2 is 2.00 bits per heavy atom. The Balaban J connectivity index is 1.97. The fourth-order valence-corrected chi connectivity index (χ4v) is 4.93. The summed E-state index contributed by atoms with van der Waals surface area (Å²) >= 11 is 14.2. The second-order valence-electron chi connectivity index (χ2n) is 7.17. The predicted octanol–water partition coefficient (Wildman–Crippen LogP) is 5.14. The van der Waals surface area contributed by atoms with Gasteiger partial charge in [-0.1, -0.05) is 60.9 Å².